The molecule has 0 saturated carbocycles. The van der Waals surface area contributed by atoms with Gasteiger partial charge in [-0.3, -0.25) is 4.68 Å². The number of benzene rings is 1. The van der Waals surface area contributed by atoms with Gasteiger partial charge in [0.05, 0.1) is 11.0 Å². The molecule has 0 radical (unpaired) electrons. The highest BCUT2D eigenvalue weighted by Crippen LogP contribution is 2.14. The minimum Gasteiger partial charge on any atom is -0.268 e. The standard InChI is InChI=1S/C17H22N2/c1-9-10(2)12(4)16(13(5)11(9)3)17-14(6)18-19(8)15(17)7/h1,7H2,2-6,8H3. The first-order valence-corrected chi connectivity index (χ1v) is 6.55. The summed E-state index contributed by atoms with van der Waals surface area (Å²) in [6.07, 6.45) is 0. The van der Waals surface area contributed by atoms with Crippen molar-refractivity contribution in [1.29, 1.82) is 0 Å². The fourth-order valence-electron chi connectivity index (χ4n) is 2.80. The molecule has 2 heteroatoms. The molecule has 0 aliphatic rings. The van der Waals surface area contributed by atoms with Crippen LogP contribution in [-0.4, -0.2) is 9.78 Å². The molecule has 0 saturated heterocycles. The van der Waals surface area contributed by atoms with E-state index in [0.717, 1.165) is 16.3 Å². The number of aromatic nitrogens is 2. The van der Waals surface area contributed by atoms with Gasteiger partial charge in [0.1, 0.15) is 0 Å². The first kappa shape index (κ1) is 13.6. The Morgan fingerprint density at radius 3 is 1.63 bits per heavy atom. The zero-order valence-electron chi connectivity index (χ0n) is 12.8. The zero-order chi connectivity index (χ0) is 14.5. The Kier molecular flexibility index (Phi) is 3.13. The molecular formula is C17H22N2. The molecular weight excluding hydrogens is 232 g/mol. The fourth-order valence-corrected chi connectivity index (χ4v) is 2.80. The van der Waals surface area contributed by atoms with Crippen molar-refractivity contribution in [3.05, 3.63) is 49.0 Å². The van der Waals surface area contributed by atoms with E-state index in [-0.39, 0.29) is 0 Å². The van der Waals surface area contributed by atoms with E-state index in [4.69, 9.17) is 0 Å². The third kappa shape index (κ3) is 1.83. The molecule has 0 bridgehead atoms. The summed E-state index contributed by atoms with van der Waals surface area (Å²) in [5.41, 5.74) is 6.14. The summed E-state index contributed by atoms with van der Waals surface area (Å²) in [4.78, 5) is 0. The second-order valence-electron chi connectivity index (χ2n) is 5.38. The lowest BCUT2D eigenvalue weighted by Crippen LogP contribution is -2.16. The molecule has 0 fully saturated rings. The van der Waals surface area contributed by atoms with Crippen molar-refractivity contribution in [1.82, 2.24) is 9.78 Å². The third-order valence-corrected chi connectivity index (χ3v) is 4.37. The average molecular weight is 254 g/mol. The van der Waals surface area contributed by atoms with Crippen molar-refractivity contribution in [2.24, 2.45) is 7.05 Å². The maximum absolute atomic E-state index is 4.49. The molecule has 0 aliphatic heterocycles. The summed E-state index contributed by atoms with van der Waals surface area (Å²) < 4.78 is 1.85. The lowest BCUT2D eigenvalue weighted by atomic mass is 9.94. The van der Waals surface area contributed by atoms with Gasteiger partial charge in [0.15, 0.2) is 0 Å². The zero-order valence-corrected chi connectivity index (χ0v) is 12.8. The Morgan fingerprint density at radius 2 is 1.26 bits per heavy atom. The fraction of sp³-hybridized carbons (Fsp3) is 0.353. The molecule has 0 unspecified atom stereocenters. The van der Waals surface area contributed by atoms with Crippen LogP contribution in [0.3, 0.4) is 0 Å². The number of nitrogens with zero attached hydrogens (tertiary/aromatic N) is 2. The Morgan fingerprint density at radius 1 is 0.789 bits per heavy atom. The Bertz CT molecular complexity index is 819. The van der Waals surface area contributed by atoms with Crippen LogP contribution in [0.1, 0.15) is 27.9 Å². The SMILES string of the molecule is C=c1c(C)c(C)c(=c2c(C)nn(C)c2=C)c(C)c1C. The maximum Gasteiger partial charge on any atom is 0.0678 e. The second-order valence-corrected chi connectivity index (χ2v) is 5.38. The van der Waals surface area contributed by atoms with Crippen LogP contribution in [-0.2, 0) is 7.05 Å². The Hall–Kier alpha value is -1.83. The van der Waals surface area contributed by atoms with Crippen molar-refractivity contribution in [2.45, 2.75) is 34.6 Å². The van der Waals surface area contributed by atoms with E-state index in [0.29, 0.717) is 0 Å². The van der Waals surface area contributed by atoms with Gasteiger partial charge >= 0.3 is 0 Å². The molecule has 2 aromatic rings. The van der Waals surface area contributed by atoms with Crippen molar-refractivity contribution in [3.8, 4) is 0 Å². The van der Waals surface area contributed by atoms with Gasteiger partial charge in [-0.1, -0.05) is 13.2 Å². The second kappa shape index (κ2) is 4.37. The molecule has 1 aromatic carbocycles. The monoisotopic (exact) mass is 254 g/mol. The predicted octanol–water partition coefficient (Wildman–Crippen LogP) is 2.07. The molecule has 2 rings (SSSR count). The summed E-state index contributed by atoms with van der Waals surface area (Å²) in [7, 11) is 1.94. The van der Waals surface area contributed by atoms with E-state index in [9.17, 15) is 0 Å². The highest BCUT2D eigenvalue weighted by atomic mass is 15.3. The number of hydrogen-bond acceptors (Lipinski definition) is 1. The first-order valence-electron chi connectivity index (χ1n) is 6.55. The molecule has 0 amide bonds. The maximum atomic E-state index is 4.49. The molecule has 1 heterocycles. The molecule has 100 valence electrons. The number of hydrogen-bond donors (Lipinski definition) is 0. The largest absolute Gasteiger partial charge is 0.268 e. The Balaban J connectivity index is 3.35. The van der Waals surface area contributed by atoms with E-state index in [2.05, 4.69) is 46.0 Å². The molecule has 19 heavy (non-hydrogen) atoms. The van der Waals surface area contributed by atoms with Crippen LogP contribution in [0.4, 0.5) is 0 Å². The topological polar surface area (TPSA) is 17.8 Å². The summed E-state index contributed by atoms with van der Waals surface area (Å²) in [6, 6.07) is 0. The van der Waals surface area contributed by atoms with E-state index in [1.807, 2.05) is 18.7 Å². The van der Waals surface area contributed by atoms with E-state index in [1.54, 1.807) is 0 Å². The van der Waals surface area contributed by atoms with Crippen molar-refractivity contribution in [2.75, 3.05) is 0 Å². The average Bonchev–Trinajstić information content (AvgIpc) is 2.61. The van der Waals surface area contributed by atoms with Crippen LogP contribution in [0.15, 0.2) is 0 Å². The highest BCUT2D eigenvalue weighted by molar-refractivity contribution is 5.42. The first-order chi connectivity index (χ1) is 8.77. The summed E-state index contributed by atoms with van der Waals surface area (Å²) in [6.45, 7) is 19.0. The molecule has 0 atom stereocenters. The summed E-state index contributed by atoms with van der Waals surface area (Å²) in [5.74, 6) is 0. The van der Waals surface area contributed by atoms with Gasteiger partial charge in [-0.15, -0.1) is 0 Å². The van der Waals surface area contributed by atoms with E-state index in [1.165, 1.54) is 32.7 Å². The van der Waals surface area contributed by atoms with Crippen LogP contribution >= 0.6 is 0 Å². The van der Waals surface area contributed by atoms with Crippen molar-refractivity contribution >= 4 is 13.2 Å². The lowest BCUT2D eigenvalue weighted by molar-refractivity contribution is 0.735. The molecule has 0 spiro atoms. The van der Waals surface area contributed by atoms with E-state index >= 15 is 0 Å². The van der Waals surface area contributed by atoms with Gasteiger partial charge in [0.2, 0.25) is 0 Å². The van der Waals surface area contributed by atoms with Gasteiger partial charge in [-0.2, -0.15) is 5.10 Å². The van der Waals surface area contributed by atoms with Crippen LogP contribution in [0.5, 0.6) is 0 Å². The molecule has 1 aromatic heterocycles. The van der Waals surface area contributed by atoms with Gasteiger partial charge in [-0.05, 0) is 67.3 Å². The quantitative estimate of drug-likeness (QED) is 0.704. The third-order valence-electron chi connectivity index (χ3n) is 4.37. The highest BCUT2D eigenvalue weighted by Gasteiger charge is 2.08. The van der Waals surface area contributed by atoms with Crippen LogP contribution < -0.4 is 10.6 Å². The normalized spacial score (nSPS) is 11.1. The van der Waals surface area contributed by atoms with Gasteiger partial charge in [0, 0.05) is 12.3 Å². The predicted molar refractivity (Wildman–Crippen MR) is 81.3 cm³/mol. The molecule has 2 nitrogen and oxygen atoms in total. The van der Waals surface area contributed by atoms with E-state index < -0.39 is 0 Å². The number of rotatable bonds is 0. The minimum atomic E-state index is 0.972. The number of aryl methyl sites for hydroxylation is 2. The molecule has 0 aliphatic carbocycles. The van der Waals surface area contributed by atoms with Gasteiger partial charge in [0.25, 0.3) is 0 Å². The summed E-state index contributed by atoms with van der Waals surface area (Å²) >= 11 is 0. The van der Waals surface area contributed by atoms with Gasteiger partial charge < -0.3 is 0 Å². The summed E-state index contributed by atoms with van der Waals surface area (Å²) in [5, 5.41) is 9.05. The van der Waals surface area contributed by atoms with Crippen LogP contribution in [0.2, 0.25) is 0 Å². The molecule has 0 N–H and O–H groups in total. The lowest BCUT2D eigenvalue weighted by Gasteiger charge is -2.10. The minimum absolute atomic E-state index is 0.972. The van der Waals surface area contributed by atoms with Crippen molar-refractivity contribution in [3.63, 3.8) is 0 Å². The van der Waals surface area contributed by atoms with Gasteiger partial charge in [-0.25, -0.2) is 0 Å². The van der Waals surface area contributed by atoms with Crippen LogP contribution in [0, 0.1) is 45.1 Å². The Labute approximate surface area is 114 Å². The van der Waals surface area contributed by atoms with Crippen LogP contribution in [0.25, 0.3) is 13.2 Å². The smallest absolute Gasteiger partial charge is 0.0678 e. The van der Waals surface area contributed by atoms with Crippen molar-refractivity contribution < 1.29 is 0 Å².